The van der Waals surface area contributed by atoms with Gasteiger partial charge in [-0.05, 0) is 42.0 Å². The lowest BCUT2D eigenvalue weighted by Gasteiger charge is -2.13. The van der Waals surface area contributed by atoms with Crippen molar-refractivity contribution in [1.82, 2.24) is 4.90 Å². The van der Waals surface area contributed by atoms with Crippen molar-refractivity contribution in [2.24, 2.45) is 0 Å². The minimum atomic E-state index is -0.483. The van der Waals surface area contributed by atoms with Gasteiger partial charge in [-0.3, -0.25) is 9.69 Å². The van der Waals surface area contributed by atoms with E-state index in [1.807, 2.05) is 6.07 Å². The molecular weight excluding hydrogens is 361 g/mol. The predicted octanol–water partition coefficient (Wildman–Crippen LogP) is 4.30. The highest BCUT2D eigenvalue weighted by Crippen LogP contribution is 2.32. The zero-order valence-corrected chi connectivity index (χ0v) is 14.5. The van der Waals surface area contributed by atoms with Gasteiger partial charge in [0.2, 0.25) is 0 Å². The summed E-state index contributed by atoms with van der Waals surface area (Å²) in [6.07, 6.45) is 1.60. The number of rotatable bonds is 2. The lowest BCUT2D eigenvalue weighted by Crippen LogP contribution is -2.31. The molecule has 0 radical (unpaired) electrons. The van der Waals surface area contributed by atoms with Crippen molar-refractivity contribution >= 4 is 46.9 Å². The summed E-state index contributed by atoms with van der Waals surface area (Å²) >= 11 is 11.9. The number of anilines is 1. The topological polar surface area (TPSA) is 64.4 Å². The van der Waals surface area contributed by atoms with Crippen LogP contribution in [0.4, 0.5) is 10.5 Å². The number of carbonyl (C=O) groups is 2. The van der Waals surface area contributed by atoms with E-state index in [4.69, 9.17) is 28.5 Å². The van der Waals surface area contributed by atoms with Crippen LogP contribution in [0, 0.1) is 11.3 Å². The van der Waals surface area contributed by atoms with Gasteiger partial charge in [0.05, 0.1) is 27.4 Å². The molecule has 1 fully saturated rings. The van der Waals surface area contributed by atoms with Crippen molar-refractivity contribution in [3.05, 3.63) is 69.3 Å². The molecule has 0 saturated carbocycles. The molecule has 1 aliphatic heterocycles. The first-order chi connectivity index (χ1) is 11.9. The van der Waals surface area contributed by atoms with Gasteiger partial charge in [0, 0.05) is 7.05 Å². The number of amides is 3. The molecule has 3 amide bonds. The van der Waals surface area contributed by atoms with E-state index in [1.165, 1.54) is 24.1 Å². The molecule has 0 spiro atoms. The molecule has 2 aromatic carbocycles. The summed E-state index contributed by atoms with van der Waals surface area (Å²) in [6, 6.07) is 12.8. The Balaban J connectivity index is 1.98. The molecule has 1 saturated heterocycles. The molecule has 0 N–H and O–H groups in total. The minimum Gasteiger partial charge on any atom is -0.292 e. The van der Waals surface area contributed by atoms with Crippen LogP contribution in [-0.4, -0.2) is 23.9 Å². The Hall–Kier alpha value is -2.81. The lowest BCUT2D eigenvalue weighted by atomic mass is 10.1. The van der Waals surface area contributed by atoms with Crippen LogP contribution in [-0.2, 0) is 4.79 Å². The molecule has 2 aromatic rings. The Morgan fingerprint density at radius 1 is 1.04 bits per heavy atom. The van der Waals surface area contributed by atoms with Crippen molar-refractivity contribution < 1.29 is 9.59 Å². The Kier molecular flexibility index (Phi) is 4.49. The van der Waals surface area contributed by atoms with E-state index < -0.39 is 11.9 Å². The molecule has 25 heavy (non-hydrogen) atoms. The average molecular weight is 372 g/mol. The minimum absolute atomic E-state index is 0.223. The van der Waals surface area contributed by atoms with Gasteiger partial charge in [-0.25, -0.2) is 9.69 Å². The van der Waals surface area contributed by atoms with Crippen LogP contribution in [0.5, 0.6) is 0 Å². The Morgan fingerprint density at radius 3 is 2.32 bits per heavy atom. The highest BCUT2D eigenvalue weighted by atomic mass is 35.5. The first kappa shape index (κ1) is 17.0. The third-order valence-electron chi connectivity index (χ3n) is 3.77. The van der Waals surface area contributed by atoms with Gasteiger partial charge in [0.15, 0.2) is 0 Å². The average Bonchev–Trinajstić information content (AvgIpc) is 2.82. The summed E-state index contributed by atoms with van der Waals surface area (Å²) in [6.45, 7) is 0. The van der Waals surface area contributed by atoms with Gasteiger partial charge in [-0.2, -0.15) is 5.26 Å². The second-order valence-corrected chi connectivity index (χ2v) is 6.16. The van der Waals surface area contributed by atoms with Crippen molar-refractivity contribution in [2.75, 3.05) is 11.9 Å². The Bertz CT molecular complexity index is 946. The first-order valence-corrected chi connectivity index (χ1v) is 7.97. The van der Waals surface area contributed by atoms with Crippen LogP contribution >= 0.6 is 23.2 Å². The van der Waals surface area contributed by atoms with Crippen LogP contribution in [0.25, 0.3) is 6.08 Å². The van der Waals surface area contributed by atoms with Gasteiger partial charge < -0.3 is 0 Å². The van der Waals surface area contributed by atoms with Crippen LogP contribution in [0.3, 0.4) is 0 Å². The number of nitriles is 1. The summed E-state index contributed by atoms with van der Waals surface area (Å²) in [5.74, 6) is -0.463. The molecule has 0 atom stereocenters. The monoisotopic (exact) mass is 371 g/mol. The van der Waals surface area contributed by atoms with Gasteiger partial charge in [0.25, 0.3) is 5.91 Å². The maximum Gasteiger partial charge on any atom is 0.336 e. The number of benzene rings is 2. The normalized spacial score (nSPS) is 15.8. The second kappa shape index (κ2) is 6.60. The number of carbonyl (C=O) groups excluding carboxylic acids is 2. The van der Waals surface area contributed by atoms with Crippen molar-refractivity contribution in [2.45, 2.75) is 0 Å². The second-order valence-electron chi connectivity index (χ2n) is 5.34. The molecule has 0 bridgehead atoms. The fraction of sp³-hybridized carbons (Fsp3) is 0.0556. The number of urea groups is 1. The number of likely N-dealkylation sites (N-methyl/N-ethyl adjacent to an activating group) is 1. The van der Waals surface area contributed by atoms with E-state index in [1.54, 1.807) is 36.4 Å². The highest BCUT2D eigenvalue weighted by molar-refractivity contribution is 6.42. The standard InChI is InChI=1S/C18H11Cl2N3O2/c1-22-16(8-11-2-4-12(10-21)5-3-11)17(24)23(18(22)25)13-6-7-14(19)15(20)9-13/h2-9H,1H3. The molecule has 3 rings (SSSR count). The summed E-state index contributed by atoms with van der Waals surface area (Å²) < 4.78 is 0. The lowest BCUT2D eigenvalue weighted by molar-refractivity contribution is -0.114. The molecule has 7 heteroatoms. The van der Waals surface area contributed by atoms with E-state index in [0.29, 0.717) is 21.8 Å². The van der Waals surface area contributed by atoms with Crippen LogP contribution < -0.4 is 4.90 Å². The molecule has 1 aliphatic rings. The van der Waals surface area contributed by atoms with Crippen LogP contribution in [0.15, 0.2) is 48.2 Å². The largest absolute Gasteiger partial charge is 0.336 e. The van der Waals surface area contributed by atoms with Gasteiger partial charge in [0.1, 0.15) is 5.70 Å². The Labute approximate surface area is 154 Å². The third kappa shape index (κ3) is 3.10. The SMILES string of the molecule is CN1C(=O)N(c2ccc(Cl)c(Cl)c2)C(=O)C1=Cc1ccc(C#N)cc1. The molecule has 5 nitrogen and oxygen atoms in total. The Morgan fingerprint density at radius 2 is 1.72 bits per heavy atom. The fourth-order valence-corrected chi connectivity index (χ4v) is 2.71. The smallest absolute Gasteiger partial charge is 0.292 e. The highest BCUT2D eigenvalue weighted by Gasteiger charge is 2.39. The van der Waals surface area contributed by atoms with Crippen LogP contribution in [0.2, 0.25) is 10.0 Å². The van der Waals surface area contributed by atoms with E-state index >= 15 is 0 Å². The van der Waals surface area contributed by atoms with Crippen molar-refractivity contribution in [3.8, 4) is 6.07 Å². The quantitative estimate of drug-likeness (QED) is 0.583. The van der Waals surface area contributed by atoms with E-state index in [-0.39, 0.29) is 10.7 Å². The zero-order valence-electron chi connectivity index (χ0n) is 13.0. The summed E-state index contributed by atoms with van der Waals surface area (Å²) in [5, 5.41) is 9.43. The third-order valence-corrected chi connectivity index (χ3v) is 4.51. The van der Waals surface area contributed by atoms with Crippen LogP contribution in [0.1, 0.15) is 11.1 Å². The summed E-state index contributed by atoms with van der Waals surface area (Å²) in [4.78, 5) is 27.5. The molecule has 1 heterocycles. The first-order valence-electron chi connectivity index (χ1n) is 7.21. The van der Waals surface area contributed by atoms with E-state index in [0.717, 1.165) is 4.90 Å². The maximum absolute atomic E-state index is 12.7. The van der Waals surface area contributed by atoms with E-state index in [9.17, 15) is 9.59 Å². The fourth-order valence-electron chi connectivity index (χ4n) is 2.42. The number of hydrogen-bond donors (Lipinski definition) is 0. The number of imide groups is 1. The molecule has 0 aliphatic carbocycles. The summed E-state index contributed by atoms with van der Waals surface area (Å²) in [7, 11) is 1.52. The number of hydrogen-bond acceptors (Lipinski definition) is 3. The molecular formula is C18H11Cl2N3O2. The molecule has 0 aromatic heterocycles. The van der Waals surface area contributed by atoms with E-state index in [2.05, 4.69) is 0 Å². The predicted molar refractivity (Wildman–Crippen MR) is 96.2 cm³/mol. The zero-order chi connectivity index (χ0) is 18.1. The van der Waals surface area contributed by atoms with Gasteiger partial charge in [-0.15, -0.1) is 0 Å². The maximum atomic E-state index is 12.7. The van der Waals surface area contributed by atoms with Crippen molar-refractivity contribution in [3.63, 3.8) is 0 Å². The number of nitrogens with zero attached hydrogens (tertiary/aromatic N) is 3. The van der Waals surface area contributed by atoms with Crippen molar-refractivity contribution in [1.29, 1.82) is 5.26 Å². The molecule has 124 valence electrons. The van der Waals surface area contributed by atoms with Gasteiger partial charge >= 0.3 is 6.03 Å². The number of halogens is 2. The van der Waals surface area contributed by atoms with Gasteiger partial charge in [-0.1, -0.05) is 35.3 Å². The molecule has 0 unspecified atom stereocenters. The summed E-state index contributed by atoms with van der Waals surface area (Å²) in [5.41, 5.74) is 1.79.